The summed E-state index contributed by atoms with van der Waals surface area (Å²) in [6, 6.07) is 3.57. The highest BCUT2D eigenvalue weighted by Crippen LogP contribution is 2.17. The van der Waals surface area contributed by atoms with E-state index in [0.717, 1.165) is 6.42 Å². The predicted octanol–water partition coefficient (Wildman–Crippen LogP) is 1.51. The van der Waals surface area contributed by atoms with Crippen molar-refractivity contribution in [1.82, 2.24) is 26.4 Å². The first kappa shape index (κ1) is 30.2. The average Bonchev–Trinajstić information content (AvgIpc) is 3.36. The first-order valence-electron chi connectivity index (χ1n) is 13.0. The van der Waals surface area contributed by atoms with Crippen LogP contribution in [0.25, 0.3) is 0 Å². The minimum atomic E-state index is -1.18. The fourth-order valence-corrected chi connectivity index (χ4v) is 4.33. The molecule has 1 fully saturated rings. The quantitative estimate of drug-likeness (QED) is 0.228. The van der Waals surface area contributed by atoms with E-state index in [4.69, 9.17) is 4.52 Å². The molecule has 1 aliphatic rings. The molecule has 0 bridgehead atoms. The molecule has 1 saturated heterocycles. The topological polar surface area (TPSA) is 160 Å². The van der Waals surface area contributed by atoms with Crippen molar-refractivity contribution in [3.8, 4) is 0 Å². The Kier molecular flexibility index (Phi) is 10.7. The molecule has 214 valence electrons. The summed E-state index contributed by atoms with van der Waals surface area (Å²) >= 11 is 0. The van der Waals surface area contributed by atoms with Gasteiger partial charge in [0.1, 0.15) is 29.9 Å². The molecule has 40 heavy (non-hydrogen) atoms. The van der Waals surface area contributed by atoms with Crippen molar-refractivity contribution in [2.75, 3.05) is 6.54 Å². The van der Waals surface area contributed by atoms with Gasteiger partial charge in [0, 0.05) is 24.9 Å². The number of aldehydes is 1. The van der Waals surface area contributed by atoms with Gasteiger partial charge in [0.15, 0.2) is 5.69 Å². The lowest BCUT2D eigenvalue weighted by atomic mass is 9.92. The van der Waals surface area contributed by atoms with Gasteiger partial charge in [-0.05, 0) is 57.7 Å². The molecule has 0 aliphatic carbocycles. The third kappa shape index (κ3) is 8.85. The highest BCUT2D eigenvalue weighted by Gasteiger charge is 2.30. The Balaban J connectivity index is 1.76. The Morgan fingerprint density at radius 2 is 1.88 bits per heavy atom. The normalized spacial score (nSPS) is 17.0. The highest BCUT2D eigenvalue weighted by atomic mass is 19.1. The molecule has 2 heterocycles. The van der Waals surface area contributed by atoms with Gasteiger partial charge in [-0.2, -0.15) is 0 Å². The van der Waals surface area contributed by atoms with Crippen molar-refractivity contribution in [3.05, 3.63) is 64.8 Å². The molecule has 11 nitrogen and oxygen atoms in total. The number of rotatable bonds is 12. The number of nitrogens with zero attached hydrogens (tertiary/aromatic N) is 1. The van der Waals surface area contributed by atoms with Crippen molar-refractivity contribution in [3.63, 3.8) is 0 Å². The maximum Gasteiger partial charge on any atom is 0.274 e. The van der Waals surface area contributed by atoms with Crippen LogP contribution in [0.2, 0.25) is 0 Å². The second-order valence-electron chi connectivity index (χ2n) is 10.0. The first-order chi connectivity index (χ1) is 19.0. The van der Waals surface area contributed by atoms with Gasteiger partial charge in [-0.3, -0.25) is 19.2 Å². The van der Waals surface area contributed by atoms with Gasteiger partial charge in [0.2, 0.25) is 17.7 Å². The fourth-order valence-electron chi connectivity index (χ4n) is 4.33. The molecule has 0 radical (unpaired) electrons. The van der Waals surface area contributed by atoms with E-state index in [2.05, 4.69) is 26.4 Å². The Morgan fingerprint density at radius 1 is 1.15 bits per heavy atom. The Bertz CT molecular complexity index is 1250. The van der Waals surface area contributed by atoms with E-state index in [9.17, 15) is 28.4 Å². The van der Waals surface area contributed by atoms with E-state index in [-0.39, 0.29) is 24.4 Å². The summed E-state index contributed by atoms with van der Waals surface area (Å²) < 4.78 is 18.4. The van der Waals surface area contributed by atoms with Crippen LogP contribution >= 0.6 is 0 Å². The second kappa shape index (κ2) is 14.2. The molecule has 1 aromatic carbocycles. The summed E-state index contributed by atoms with van der Waals surface area (Å²) in [6.45, 7) is 5.66. The van der Waals surface area contributed by atoms with Crippen molar-refractivity contribution in [1.29, 1.82) is 0 Å². The lowest BCUT2D eigenvalue weighted by Crippen LogP contribution is -2.55. The minimum absolute atomic E-state index is 0.00833. The number of aromatic nitrogens is 1. The van der Waals surface area contributed by atoms with Crippen LogP contribution in [0.5, 0.6) is 0 Å². The summed E-state index contributed by atoms with van der Waals surface area (Å²) in [5.74, 6) is -2.64. The van der Waals surface area contributed by atoms with Gasteiger partial charge in [-0.25, -0.2) is 4.39 Å². The molecule has 12 heteroatoms. The number of hydrogen-bond acceptors (Lipinski definition) is 7. The maximum atomic E-state index is 13.4. The summed E-state index contributed by atoms with van der Waals surface area (Å²) in [7, 11) is 0. The zero-order valence-electron chi connectivity index (χ0n) is 22.7. The van der Waals surface area contributed by atoms with Crippen LogP contribution in [-0.2, 0) is 25.6 Å². The molecular formula is C28H34FN5O6. The fraction of sp³-hybridized carbons (Fsp3) is 0.429. The van der Waals surface area contributed by atoms with Gasteiger partial charge < -0.3 is 30.6 Å². The van der Waals surface area contributed by atoms with Crippen LogP contribution in [0.3, 0.4) is 0 Å². The molecule has 4 atom stereocenters. The van der Waals surface area contributed by atoms with Crippen LogP contribution in [0.15, 0.2) is 46.5 Å². The summed E-state index contributed by atoms with van der Waals surface area (Å²) in [5.41, 5.74) is 1.24. The zero-order chi connectivity index (χ0) is 29.2. The molecule has 0 saturated carbocycles. The largest absolute Gasteiger partial charge is 0.361 e. The molecule has 0 spiro atoms. The summed E-state index contributed by atoms with van der Waals surface area (Å²) in [4.78, 5) is 63.3. The van der Waals surface area contributed by atoms with Gasteiger partial charge >= 0.3 is 0 Å². The van der Waals surface area contributed by atoms with Gasteiger partial charge in [0.05, 0.1) is 6.04 Å². The van der Waals surface area contributed by atoms with Crippen LogP contribution in [0.1, 0.15) is 54.9 Å². The van der Waals surface area contributed by atoms with Crippen LogP contribution in [0, 0.1) is 18.7 Å². The van der Waals surface area contributed by atoms with Gasteiger partial charge in [-0.15, -0.1) is 0 Å². The van der Waals surface area contributed by atoms with Crippen molar-refractivity contribution >= 4 is 29.9 Å². The first-order valence-corrected chi connectivity index (χ1v) is 13.0. The molecule has 2 aromatic rings. The van der Waals surface area contributed by atoms with E-state index in [1.807, 2.05) is 0 Å². The number of piperidine rings is 1. The van der Waals surface area contributed by atoms with E-state index in [1.54, 1.807) is 20.8 Å². The SMILES string of the molecule is CC(C)=C[C@H](NC(=O)C(Cc1ccc(F)cc1)NC(=O)c1cc(C)on1)C(=O)N[C@H](C=O)C[C@@H]1CCCNC1=O. The van der Waals surface area contributed by atoms with Crippen molar-refractivity contribution in [2.24, 2.45) is 5.92 Å². The Hall–Kier alpha value is -4.35. The highest BCUT2D eigenvalue weighted by molar-refractivity contribution is 5.98. The number of nitrogens with one attached hydrogen (secondary N) is 4. The van der Waals surface area contributed by atoms with Gasteiger partial charge in [0.25, 0.3) is 5.91 Å². The smallest absolute Gasteiger partial charge is 0.274 e. The monoisotopic (exact) mass is 555 g/mol. The van der Waals surface area contributed by atoms with Crippen LogP contribution < -0.4 is 21.3 Å². The molecule has 1 aliphatic heterocycles. The molecule has 3 rings (SSSR count). The van der Waals surface area contributed by atoms with Gasteiger partial charge in [-0.1, -0.05) is 28.9 Å². The van der Waals surface area contributed by atoms with Crippen molar-refractivity contribution in [2.45, 2.75) is 64.6 Å². The number of halogens is 1. The maximum absolute atomic E-state index is 13.4. The Labute approximate surface area is 231 Å². The summed E-state index contributed by atoms with van der Waals surface area (Å²) in [6.07, 6.45) is 3.60. The standard InChI is InChI=1S/C28H34FN5O6/c1-16(2)11-22(26(37)31-21(15-35)14-19-5-4-10-30-25(19)36)32-27(38)23(13-18-6-8-20(29)9-7-18)33-28(39)24-12-17(3)40-34-24/h6-9,11-12,15,19,21-23H,4-5,10,13-14H2,1-3H3,(H,30,36)(H,31,37)(H,32,38)(H,33,39)/t19-,21-,22-,23?/m0/s1. The van der Waals surface area contributed by atoms with Crippen LogP contribution in [0.4, 0.5) is 4.39 Å². The minimum Gasteiger partial charge on any atom is -0.361 e. The molecular weight excluding hydrogens is 521 g/mol. The number of amides is 4. The molecule has 1 unspecified atom stereocenters. The lowest BCUT2D eigenvalue weighted by Gasteiger charge is -2.26. The third-order valence-corrected chi connectivity index (χ3v) is 6.35. The number of benzene rings is 1. The van der Waals surface area contributed by atoms with Crippen LogP contribution in [-0.4, -0.2) is 59.7 Å². The zero-order valence-corrected chi connectivity index (χ0v) is 22.7. The molecule has 4 N–H and O–H groups in total. The molecule has 1 aromatic heterocycles. The number of aryl methyl sites for hydroxylation is 1. The Morgan fingerprint density at radius 3 is 2.48 bits per heavy atom. The third-order valence-electron chi connectivity index (χ3n) is 6.35. The second-order valence-corrected chi connectivity index (χ2v) is 10.0. The number of carbonyl (C=O) groups excluding carboxylic acids is 5. The lowest BCUT2D eigenvalue weighted by molar-refractivity contribution is -0.130. The molecule has 4 amide bonds. The summed E-state index contributed by atoms with van der Waals surface area (Å²) in [5, 5.41) is 14.3. The van der Waals surface area contributed by atoms with E-state index in [0.29, 0.717) is 36.1 Å². The number of hydrogen-bond donors (Lipinski definition) is 4. The van der Waals surface area contributed by atoms with Crippen molar-refractivity contribution < 1.29 is 32.9 Å². The predicted molar refractivity (Wildman–Crippen MR) is 142 cm³/mol. The average molecular weight is 556 g/mol. The number of carbonyl (C=O) groups is 5. The number of allylic oxidation sites excluding steroid dienone is 1. The van der Waals surface area contributed by atoms with E-state index >= 15 is 0 Å². The van der Waals surface area contributed by atoms with E-state index < -0.39 is 47.6 Å². The van der Waals surface area contributed by atoms with E-state index in [1.165, 1.54) is 36.4 Å².